The number of aliphatic hydroxyl groups is 1. The smallest absolute Gasteiger partial charge is 0.130 e. The Bertz CT molecular complexity index is 484. The molecule has 2 aromatic rings. The van der Waals surface area contributed by atoms with Gasteiger partial charge in [-0.1, -0.05) is 12.1 Å². The topological polar surface area (TPSA) is 61.7 Å². The van der Waals surface area contributed by atoms with Gasteiger partial charge in [0.05, 0.1) is 0 Å². The Hall–Kier alpha value is -1.56. The van der Waals surface area contributed by atoms with Gasteiger partial charge >= 0.3 is 0 Å². The molecule has 5 heteroatoms. The van der Waals surface area contributed by atoms with Crippen molar-refractivity contribution >= 4 is 11.3 Å². The number of hydrogen-bond donors (Lipinski definition) is 3. The number of benzene rings is 1. The van der Waals surface area contributed by atoms with Crippen molar-refractivity contribution in [2.45, 2.75) is 12.5 Å². The van der Waals surface area contributed by atoms with Crippen molar-refractivity contribution in [2.75, 3.05) is 19.7 Å². The van der Waals surface area contributed by atoms with Crippen LogP contribution in [0.5, 0.6) is 11.5 Å². The molecule has 0 saturated carbocycles. The van der Waals surface area contributed by atoms with Crippen LogP contribution in [0, 0.1) is 0 Å². The number of thiophene rings is 1. The van der Waals surface area contributed by atoms with Crippen LogP contribution in [-0.4, -0.2) is 36.0 Å². The van der Waals surface area contributed by atoms with Crippen LogP contribution in [0.15, 0.2) is 41.1 Å². The van der Waals surface area contributed by atoms with E-state index < -0.39 is 6.10 Å². The standard InChI is InChI=1S/C15H19NO3S/c17-13-3-1-12(2-4-13)5-7-16-9-14(18)10-19-15-6-8-20-11-15/h1-4,6,8,11,14,16-18H,5,7,9-10H2. The van der Waals surface area contributed by atoms with Gasteiger partial charge < -0.3 is 20.3 Å². The highest BCUT2D eigenvalue weighted by molar-refractivity contribution is 7.08. The van der Waals surface area contributed by atoms with Crippen LogP contribution in [0.1, 0.15) is 5.56 Å². The fourth-order valence-electron chi connectivity index (χ4n) is 1.75. The Labute approximate surface area is 122 Å². The molecule has 0 saturated heterocycles. The summed E-state index contributed by atoms with van der Waals surface area (Å²) in [7, 11) is 0. The zero-order valence-electron chi connectivity index (χ0n) is 11.2. The van der Waals surface area contributed by atoms with Gasteiger partial charge in [-0.2, -0.15) is 0 Å². The quantitative estimate of drug-likeness (QED) is 0.652. The molecule has 4 nitrogen and oxygen atoms in total. The lowest BCUT2D eigenvalue weighted by Gasteiger charge is -2.12. The number of phenolic OH excluding ortho intramolecular Hbond substituents is 1. The highest BCUT2D eigenvalue weighted by Crippen LogP contribution is 2.14. The monoisotopic (exact) mass is 293 g/mol. The van der Waals surface area contributed by atoms with E-state index in [1.807, 2.05) is 29.0 Å². The molecule has 1 aromatic carbocycles. The van der Waals surface area contributed by atoms with Crippen LogP contribution < -0.4 is 10.1 Å². The minimum Gasteiger partial charge on any atom is -0.508 e. The number of aliphatic hydroxyl groups excluding tert-OH is 1. The van der Waals surface area contributed by atoms with Gasteiger partial charge in [0.2, 0.25) is 0 Å². The molecule has 1 unspecified atom stereocenters. The van der Waals surface area contributed by atoms with Crippen LogP contribution in [-0.2, 0) is 6.42 Å². The van der Waals surface area contributed by atoms with Gasteiger partial charge in [-0.25, -0.2) is 0 Å². The second kappa shape index (κ2) is 7.89. The third-order valence-electron chi connectivity index (χ3n) is 2.84. The Morgan fingerprint density at radius 2 is 2.00 bits per heavy atom. The average molecular weight is 293 g/mol. The number of rotatable bonds is 8. The maximum Gasteiger partial charge on any atom is 0.130 e. The van der Waals surface area contributed by atoms with Gasteiger partial charge in [0.15, 0.2) is 0 Å². The van der Waals surface area contributed by atoms with E-state index in [0.29, 0.717) is 13.2 Å². The molecule has 108 valence electrons. The molecule has 0 aliphatic rings. The summed E-state index contributed by atoms with van der Waals surface area (Å²) >= 11 is 1.57. The predicted molar refractivity (Wildman–Crippen MR) is 80.5 cm³/mol. The van der Waals surface area contributed by atoms with Gasteiger partial charge in [0.25, 0.3) is 0 Å². The lowest BCUT2D eigenvalue weighted by Crippen LogP contribution is -2.32. The Balaban J connectivity index is 1.57. The van der Waals surface area contributed by atoms with Crippen LogP contribution in [0.3, 0.4) is 0 Å². The van der Waals surface area contributed by atoms with Gasteiger partial charge in [-0.05, 0) is 42.1 Å². The predicted octanol–water partition coefficient (Wildman–Crippen LogP) is 2.03. The lowest BCUT2D eigenvalue weighted by atomic mass is 10.1. The molecule has 0 aliphatic carbocycles. The minimum absolute atomic E-state index is 0.280. The Morgan fingerprint density at radius 1 is 1.20 bits per heavy atom. The lowest BCUT2D eigenvalue weighted by molar-refractivity contribution is 0.107. The second-order valence-corrected chi connectivity index (χ2v) is 5.32. The van der Waals surface area contributed by atoms with E-state index in [1.165, 1.54) is 0 Å². The first-order valence-electron chi connectivity index (χ1n) is 6.56. The van der Waals surface area contributed by atoms with Crippen LogP contribution >= 0.6 is 11.3 Å². The van der Waals surface area contributed by atoms with E-state index in [0.717, 1.165) is 24.3 Å². The summed E-state index contributed by atoms with van der Waals surface area (Å²) in [5.41, 5.74) is 1.15. The molecule has 0 amide bonds. The summed E-state index contributed by atoms with van der Waals surface area (Å²) in [6, 6.07) is 9.04. The number of aromatic hydroxyl groups is 1. The van der Waals surface area contributed by atoms with Crippen molar-refractivity contribution in [3.05, 3.63) is 46.7 Å². The Kier molecular flexibility index (Phi) is 5.86. The van der Waals surface area contributed by atoms with Gasteiger partial charge in [-0.3, -0.25) is 0 Å². The molecular weight excluding hydrogens is 274 g/mol. The SMILES string of the molecule is Oc1ccc(CCNCC(O)COc2ccsc2)cc1. The van der Waals surface area contributed by atoms with E-state index in [9.17, 15) is 10.2 Å². The zero-order chi connectivity index (χ0) is 14.2. The van der Waals surface area contributed by atoms with E-state index in [4.69, 9.17) is 4.74 Å². The third-order valence-corrected chi connectivity index (χ3v) is 3.51. The average Bonchev–Trinajstić information content (AvgIpc) is 2.96. The summed E-state index contributed by atoms with van der Waals surface area (Å²) in [4.78, 5) is 0. The van der Waals surface area contributed by atoms with Crippen molar-refractivity contribution in [1.82, 2.24) is 5.32 Å². The zero-order valence-corrected chi connectivity index (χ0v) is 12.0. The van der Waals surface area contributed by atoms with Crippen LogP contribution in [0.25, 0.3) is 0 Å². The molecule has 1 atom stereocenters. The molecule has 3 N–H and O–H groups in total. The third kappa shape index (κ3) is 5.21. The van der Waals surface area contributed by atoms with E-state index >= 15 is 0 Å². The molecule has 1 heterocycles. The molecule has 0 spiro atoms. The van der Waals surface area contributed by atoms with Crippen molar-refractivity contribution in [2.24, 2.45) is 0 Å². The van der Waals surface area contributed by atoms with Crippen LogP contribution in [0.2, 0.25) is 0 Å². The fraction of sp³-hybridized carbons (Fsp3) is 0.333. The first kappa shape index (κ1) is 14.8. The number of hydrogen-bond acceptors (Lipinski definition) is 5. The molecule has 0 fully saturated rings. The summed E-state index contributed by atoms with van der Waals surface area (Å²) in [5.74, 6) is 1.08. The van der Waals surface area contributed by atoms with Crippen molar-refractivity contribution in [3.8, 4) is 11.5 Å². The van der Waals surface area contributed by atoms with E-state index in [-0.39, 0.29) is 5.75 Å². The Morgan fingerprint density at radius 3 is 2.70 bits per heavy atom. The highest BCUT2D eigenvalue weighted by Gasteiger charge is 2.05. The first-order valence-corrected chi connectivity index (χ1v) is 7.50. The fourth-order valence-corrected chi connectivity index (χ4v) is 2.32. The second-order valence-electron chi connectivity index (χ2n) is 4.54. The van der Waals surface area contributed by atoms with Crippen molar-refractivity contribution in [3.63, 3.8) is 0 Å². The first-order chi connectivity index (χ1) is 9.74. The summed E-state index contributed by atoms with van der Waals surface area (Å²) in [6.07, 6.45) is 0.341. The largest absolute Gasteiger partial charge is 0.508 e. The molecular formula is C15H19NO3S. The molecule has 2 rings (SSSR count). The summed E-state index contributed by atoms with van der Waals surface area (Å²) < 4.78 is 5.43. The maximum atomic E-state index is 9.76. The van der Waals surface area contributed by atoms with Gasteiger partial charge in [-0.15, -0.1) is 11.3 Å². The minimum atomic E-state index is -0.519. The highest BCUT2D eigenvalue weighted by atomic mass is 32.1. The van der Waals surface area contributed by atoms with E-state index in [1.54, 1.807) is 23.5 Å². The number of nitrogens with one attached hydrogen (secondary N) is 1. The molecule has 0 radical (unpaired) electrons. The normalized spacial score (nSPS) is 12.2. The molecule has 0 bridgehead atoms. The molecule has 1 aromatic heterocycles. The maximum absolute atomic E-state index is 9.76. The van der Waals surface area contributed by atoms with Crippen LogP contribution in [0.4, 0.5) is 0 Å². The number of ether oxygens (including phenoxy) is 1. The van der Waals surface area contributed by atoms with Gasteiger partial charge in [0, 0.05) is 11.9 Å². The summed E-state index contributed by atoms with van der Waals surface area (Å²) in [6.45, 7) is 1.57. The number of phenols is 1. The summed E-state index contributed by atoms with van der Waals surface area (Å²) in [5, 5.41) is 26.0. The van der Waals surface area contributed by atoms with Gasteiger partial charge in [0.1, 0.15) is 24.2 Å². The molecule has 20 heavy (non-hydrogen) atoms. The van der Waals surface area contributed by atoms with Crippen molar-refractivity contribution < 1.29 is 14.9 Å². The van der Waals surface area contributed by atoms with E-state index in [2.05, 4.69) is 5.32 Å². The molecule has 0 aliphatic heterocycles. The van der Waals surface area contributed by atoms with Crippen molar-refractivity contribution in [1.29, 1.82) is 0 Å².